The summed E-state index contributed by atoms with van der Waals surface area (Å²) in [6, 6.07) is 8.77. The predicted molar refractivity (Wildman–Crippen MR) is 133 cm³/mol. The fourth-order valence-corrected chi connectivity index (χ4v) is 4.60. The number of fused-ring (bicyclic) bond motifs is 4. The third-order valence-electron chi connectivity index (χ3n) is 6.36. The van der Waals surface area contributed by atoms with Crippen LogP contribution in [0.25, 0.3) is 33.2 Å². The molecule has 0 fully saturated rings. The molecule has 0 radical (unpaired) electrons. The number of ether oxygens (including phenoxy) is 1. The average Bonchev–Trinajstić information content (AvgIpc) is 3.52. The van der Waals surface area contributed by atoms with Crippen molar-refractivity contribution in [3.8, 4) is 17.3 Å². The SMILES string of the molecule is Cc1nc(-c2ccc3ncnc(NCCN4CCn5c(cc6c(OCC(F)(F)F)nccc65)C4=O)c3c2)no1. The number of carbonyl (C=O) groups is 1. The van der Waals surface area contributed by atoms with Gasteiger partial charge in [0, 0.05) is 50.2 Å². The number of aromatic nitrogens is 6. The molecule has 1 aliphatic heterocycles. The van der Waals surface area contributed by atoms with Gasteiger partial charge in [-0.1, -0.05) is 5.16 Å². The molecule has 5 aromatic rings. The van der Waals surface area contributed by atoms with Gasteiger partial charge in [-0.05, 0) is 30.3 Å². The lowest BCUT2D eigenvalue weighted by molar-refractivity contribution is -0.153. The van der Waals surface area contributed by atoms with Gasteiger partial charge >= 0.3 is 6.18 Å². The summed E-state index contributed by atoms with van der Waals surface area (Å²) in [6.07, 6.45) is -1.66. The number of benzene rings is 1. The Morgan fingerprint density at radius 1 is 1.10 bits per heavy atom. The highest BCUT2D eigenvalue weighted by Crippen LogP contribution is 2.31. The molecule has 0 saturated carbocycles. The van der Waals surface area contributed by atoms with E-state index in [9.17, 15) is 18.0 Å². The molecule has 1 aliphatic rings. The highest BCUT2D eigenvalue weighted by molar-refractivity contribution is 6.00. The summed E-state index contributed by atoms with van der Waals surface area (Å²) in [7, 11) is 0. The Balaban J connectivity index is 1.18. The van der Waals surface area contributed by atoms with E-state index in [0.29, 0.717) is 60.3 Å². The Morgan fingerprint density at radius 2 is 1.97 bits per heavy atom. The van der Waals surface area contributed by atoms with Crippen molar-refractivity contribution >= 4 is 33.5 Å². The van der Waals surface area contributed by atoms with Crippen LogP contribution in [0.4, 0.5) is 19.0 Å². The quantitative estimate of drug-likeness (QED) is 0.329. The maximum absolute atomic E-state index is 13.3. The molecule has 1 amide bonds. The van der Waals surface area contributed by atoms with Gasteiger partial charge in [-0.2, -0.15) is 18.2 Å². The van der Waals surface area contributed by atoms with Crippen LogP contribution in [0, 0.1) is 6.92 Å². The first-order valence-corrected chi connectivity index (χ1v) is 12.0. The normalized spacial score (nSPS) is 13.7. The van der Waals surface area contributed by atoms with E-state index in [-0.39, 0.29) is 11.8 Å². The van der Waals surface area contributed by atoms with Crippen molar-refractivity contribution < 1.29 is 27.2 Å². The fraction of sp³-hybridized carbons (Fsp3) is 0.280. The topological polar surface area (TPSA) is 124 Å². The van der Waals surface area contributed by atoms with E-state index in [0.717, 1.165) is 16.5 Å². The summed E-state index contributed by atoms with van der Waals surface area (Å²) in [4.78, 5) is 31.8. The van der Waals surface area contributed by atoms with E-state index in [4.69, 9.17) is 9.26 Å². The molecule has 0 atom stereocenters. The lowest BCUT2D eigenvalue weighted by Gasteiger charge is -2.28. The van der Waals surface area contributed by atoms with Gasteiger partial charge in [-0.15, -0.1) is 0 Å². The second kappa shape index (κ2) is 9.53. The van der Waals surface area contributed by atoms with Gasteiger partial charge in [0.2, 0.25) is 17.6 Å². The Labute approximate surface area is 218 Å². The number of anilines is 1. The minimum atomic E-state index is -4.49. The van der Waals surface area contributed by atoms with Gasteiger partial charge in [-0.3, -0.25) is 4.79 Å². The fourth-order valence-electron chi connectivity index (χ4n) is 4.60. The third-order valence-corrected chi connectivity index (χ3v) is 6.36. The Kier molecular flexibility index (Phi) is 6.00. The van der Waals surface area contributed by atoms with Crippen LogP contribution in [0.3, 0.4) is 0 Å². The first-order valence-electron chi connectivity index (χ1n) is 12.0. The molecule has 39 heavy (non-hydrogen) atoms. The lowest BCUT2D eigenvalue weighted by Crippen LogP contribution is -2.42. The molecule has 0 bridgehead atoms. The highest BCUT2D eigenvalue weighted by atomic mass is 19.4. The molecule has 0 aliphatic carbocycles. The molecular weight excluding hydrogens is 517 g/mol. The van der Waals surface area contributed by atoms with Crippen LogP contribution in [-0.4, -0.2) is 72.9 Å². The van der Waals surface area contributed by atoms with E-state index < -0.39 is 12.8 Å². The van der Waals surface area contributed by atoms with Crippen molar-refractivity contribution in [1.82, 2.24) is 34.6 Å². The van der Waals surface area contributed by atoms with Crippen LogP contribution in [0.15, 0.2) is 47.4 Å². The van der Waals surface area contributed by atoms with E-state index in [1.165, 1.54) is 18.6 Å². The number of nitrogens with one attached hydrogen (secondary N) is 1. The molecule has 1 aromatic carbocycles. The van der Waals surface area contributed by atoms with E-state index in [1.54, 1.807) is 22.5 Å². The van der Waals surface area contributed by atoms with Crippen molar-refractivity contribution in [3.63, 3.8) is 0 Å². The standard InChI is InChI=1S/C25H21F3N8O3/c1-14-33-21(34-39-14)15-2-3-18-16(10-15)22(32-13-31-18)29-6-7-35-8-9-36-19-4-5-30-23(38-12-25(26,27)28)17(19)11-20(36)24(35)37/h2-5,10-11,13H,6-9,12H2,1H3,(H,29,31,32). The number of nitrogens with zero attached hydrogens (tertiary/aromatic N) is 7. The second-order valence-electron chi connectivity index (χ2n) is 8.94. The number of pyridine rings is 1. The van der Waals surface area contributed by atoms with Crippen LogP contribution in [0.1, 0.15) is 16.4 Å². The van der Waals surface area contributed by atoms with E-state index >= 15 is 0 Å². The van der Waals surface area contributed by atoms with Crippen molar-refractivity contribution in [1.29, 1.82) is 0 Å². The smallest absolute Gasteiger partial charge is 0.422 e. The number of halogens is 3. The van der Waals surface area contributed by atoms with Gasteiger partial charge in [0.25, 0.3) is 5.91 Å². The molecule has 5 heterocycles. The zero-order chi connectivity index (χ0) is 27.1. The number of aryl methyl sites for hydroxylation is 1. The Bertz CT molecular complexity index is 1700. The number of hydrogen-bond donors (Lipinski definition) is 1. The van der Waals surface area contributed by atoms with Gasteiger partial charge in [0.15, 0.2) is 6.61 Å². The lowest BCUT2D eigenvalue weighted by atomic mass is 10.1. The van der Waals surface area contributed by atoms with Crippen LogP contribution >= 0.6 is 0 Å². The number of rotatable bonds is 7. The summed E-state index contributed by atoms with van der Waals surface area (Å²) in [6.45, 7) is 1.96. The Morgan fingerprint density at radius 3 is 2.77 bits per heavy atom. The molecule has 6 rings (SSSR count). The van der Waals surface area contributed by atoms with Crippen LogP contribution in [-0.2, 0) is 6.54 Å². The van der Waals surface area contributed by atoms with Crippen molar-refractivity contribution in [3.05, 3.63) is 54.4 Å². The molecule has 1 N–H and O–H groups in total. The first-order chi connectivity index (χ1) is 18.8. The minimum absolute atomic E-state index is 0.154. The largest absolute Gasteiger partial charge is 0.468 e. The summed E-state index contributed by atoms with van der Waals surface area (Å²) in [5.74, 6) is 1.13. The molecule has 0 saturated heterocycles. The van der Waals surface area contributed by atoms with Crippen LogP contribution in [0.2, 0.25) is 0 Å². The van der Waals surface area contributed by atoms with Gasteiger partial charge < -0.3 is 24.0 Å². The number of alkyl halides is 3. The maximum Gasteiger partial charge on any atom is 0.422 e. The molecule has 0 spiro atoms. The van der Waals surface area contributed by atoms with Crippen molar-refractivity contribution in [2.75, 3.05) is 31.6 Å². The molecule has 11 nitrogen and oxygen atoms in total. The minimum Gasteiger partial charge on any atom is -0.468 e. The van der Waals surface area contributed by atoms with Crippen LogP contribution < -0.4 is 10.1 Å². The summed E-state index contributed by atoms with van der Waals surface area (Å²) >= 11 is 0. The average molecular weight is 538 g/mol. The summed E-state index contributed by atoms with van der Waals surface area (Å²) < 4.78 is 49.8. The zero-order valence-electron chi connectivity index (χ0n) is 20.6. The monoisotopic (exact) mass is 538 g/mol. The van der Waals surface area contributed by atoms with E-state index in [1.807, 2.05) is 18.2 Å². The summed E-state index contributed by atoms with van der Waals surface area (Å²) in [5, 5.41) is 8.37. The first kappa shape index (κ1) is 24.6. The number of carbonyl (C=O) groups excluding carboxylic acids is 1. The van der Waals surface area contributed by atoms with Gasteiger partial charge in [-0.25, -0.2) is 15.0 Å². The number of amides is 1. The second-order valence-corrected chi connectivity index (χ2v) is 8.94. The third kappa shape index (κ3) is 4.80. The summed E-state index contributed by atoms with van der Waals surface area (Å²) in [5.41, 5.74) is 2.45. The zero-order valence-corrected chi connectivity index (χ0v) is 20.6. The molecule has 0 unspecified atom stereocenters. The van der Waals surface area contributed by atoms with Gasteiger partial charge in [0.1, 0.15) is 17.8 Å². The Hall–Kier alpha value is -4.75. The number of hydrogen-bond acceptors (Lipinski definition) is 9. The van der Waals surface area contributed by atoms with Crippen LogP contribution in [0.5, 0.6) is 5.88 Å². The molecule has 200 valence electrons. The van der Waals surface area contributed by atoms with Gasteiger partial charge in [0.05, 0.1) is 16.4 Å². The molecular formula is C25H21F3N8O3. The molecule has 14 heteroatoms. The maximum atomic E-state index is 13.3. The highest BCUT2D eigenvalue weighted by Gasteiger charge is 2.31. The predicted octanol–water partition coefficient (Wildman–Crippen LogP) is 3.85. The van der Waals surface area contributed by atoms with Crippen molar-refractivity contribution in [2.45, 2.75) is 19.6 Å². The van der Waals surface area contributed by atoms with Crippen molar-refractivity contribution in [2.24, 2.45) is 0 Å². The molecule has 4 aromatic heterocycles. The van der Waals surface area contributed by atoms with E-state index in [2.05, 4.69) is 30.4 Å².